The van der Waals surface area contributed by atoms with E-state index < -0.39 is 11.8 Å². The summed E-state index contributed by atoms with van der Waals surface area (Å²) in [5.41, 5.74) is 5.49. The number of hydrogen-bond acceptors (Lipinski definition) is 2. The number of fused-ring (bicyclic) bond motifs is 1. The summed E-state index contributed by atoms with van der Waals surface area (Å²) in [5, 5.41) is 4.74. The fourth-order valence-electron chi connectivity index (χ4n) is 5.37. The molecule has 144 valence electrons. The number of nitrogens with zero attached hydrogens (tertiary/aromatic N) is 2. The van der Waals surface area contributed by atoms with Crippen LogP contribution >= 0.6 is 0 Å². The van der Waals surface area contributed by atoms with E-state index in [9.17, 15) is 9.59 Å². The molecule has 0 radical (unpaired) electrons. The van der Waals surface area contributed by atoms with Gasteiger partial charge < -0.3 is 9.13 Å². The molecule has 2 aliphatic heterocycles. The predicted octanol–water partition coefficient (Wildman–Crippen LogP) is 3.60. The van der Waals surface area contributed by atoms with Gasteiger partial charge >= 0.3 is 0 Å². The number of imide groups is 1. The molecule has 1 fully saturated rings. The van der Waals surface area contributed by atoms with Gasteiger partial charge in [0.25, 0.3) is 0 Å². The highest BCUT2D eigenvalue weighted by molar-refractivity contribution is 6.13. The number of hydrogen-bond donors (Lipinski definition) is 1. The van der Waals surface area contributed by atoms with E-state index in [4.69, 9.17) is 0 Å². The molecule has 2 aromatic heterocycles. The van der Waals surface area contributed by atoms with Crippen LogP contribution in [0, 0.1) is 0 Å². The molecule has 0 aliphatic carbocycles. The van der Waals surface area contributed by atoms with Crippen LogP contribution in [0.1, 0.15) is 34.9 Å². The molecule has 1 saturated heterocycles. The molecule has 2 atom stereocenters. The van der Waals surface area contributed by atoms with Crippen molar-refractivity contribution in [2.45, 2.75) is 31.2 Å². The normalized spacial score (nSPS) is 21.3. The maximum absolute atomic E-state index is 13.0. The Labute approximate surface area is 167 Å². The Kier molecular flexibility index (Phi) is 3.34. The van der Waals surface area contributed by atoms with E-state index in [-0.39, 0.29) is 11.8 Å². The first kappa shape index (κ1) is 16.6. The van der Waals surface area contributed by atoms with Crippen molar-refractivity contribution in [2.75, 3.05) is 0 Å². The Bertz CT molecular complexity index is 1330. The van der Waals surface area contributed by atoms with E-state index in [0.29, 0.717) is 0 Å². The van der Waals surface area contributed by atoms with E-state index in [2.05, 4.69) is 34.3 Å². The highest BCUT2D eigenvalue weighted by Gasteiger charge is 2.46. The molecule has 1 N–H and O–H groups in total. The van der Waals surface area contributed by atoms with Gasteiger partial charge in [-0.3, -0.25) is 14.9 Å². The second kappa shape index (κ2) is 5.83. The van der Waals surface area contributed by atoms with Gasteiger partial charge in [-0.1, -0.05) is 36.4 Å². The van der Waals surface area contributed by atoms with Gasteiger partial charge in [-0.25, -0.2) is 0 Å². The lowest BCUT2D eigenvalue weighted by Crippen LogP contribution is -2.21. The van der Waals surface area contributed by atoms with Gasteiger partial charge in [-0.15, -0.1) is 0 Å². The first-order valence-corrected chi connectivity index (χ1v) is 10.1. The van der Waals surface area contributed by atoms with Crippen LogP contribution in [-0.4, -0.2) is 20.9 Å². The van der Waals surface area contributed by atoms with E-state index in [1.54, 1.807) is 0 Å². The number of rotatable bonds is 2. The Morgan fingerprint density at radius 1 is 0.897 bits per heavy atom. The largest absolute Gasteiger partial charge is 0.350 e. The number of nitrogens with one attached hydrogen (secondary N) is 1. The lowest BCUT2D eigenvalue weighted by atomic mass is 9.83. The average Bonchev–Trinajstić information content (AvgIpc) is 3.35. The standard InChI is InChI=1S/C24H21N3O2/c1-26-12-17(15-8-2-3-10-19(15)26)20-21(24(29)25-23(20)28)18-13-27-11-5-7-14-6-4-9-16(18)22(14)27/h2-4,6,8-10,12-13,20-21H,5,7,11H2,1H3,(H,25,28,29)/t20-,21-/m0/s1. The second-order valence-corrected chi connectivity index (χ2v) is 8.22. The third kappa shape index (κ3) is 2.21. The molecule has 4 heterocycles. The summed E-state index contributed by atoms with van der Waals surface area (Å²) in [7, 11) is 1.98. The Hall–Kier alpha value is -3.34. The molecule has 0 saturated carbocycles. The first-order chi connectivity index (χ1) is 14.1. The summed E-state index contributed by atoms with van der Waals surface area (Å²) >= 11 is 0. The summed E-state index contributed by atoms with van der Waals surface area (Å²) in [6, 6.07) is 14.4. The molecule has 29 heavy (non-hydrogen) atoms. The zero-order valence-electron chi connectivity index (χ0n) is 16.2. The van der Waals surface area contributed by atoms with Crippen LogP contribution in [-0.2, 0) is 29.6 Å². The lowest BCUT2D eigenvalue weighted by Gasteiger charge is -2.15. The number of benzene rings is 2. The van der Waals surface area contributed by atoms with Crippen molar-refractivity contribution in [1.82, 2.24) is 14.5 Å². The van der Waals surface area contributed by atoms with Crippen LogP contribution in [0.4, 0.5) is 0 Å². The van der Waals surface area contributed by atoms with Crippen LogP contribution in [0.3, 0.4) is 0 Å². The minimum Gasteiger partial charge on any atom is -0.350 e. The van der Waals surface area contributed by atoms with E-state index in [0.717, 1.165) is 46.8 Å². The Morgan fingerprint density at radius 3 is 2.45 bits per heavy atom. The van der Waals surface area contributed by atoms with Gasteiger partial charge in [0.2, 0.25) is 11.8 Å². The van der Waals surface area contributed by atoms with Crippen LogP contribution in [0.25, 0.3) is 21.8 Å². The van der Waals surface area contributed by atoms with E-state index in [1.165, 1.54) is 11.1 Å². The lowest BCUT2D eigenvalue weighted by molar-refractivity contribution is -0.125. The van der Waals surface area contributed by atoms with E-state index in [1.807, 2.05) is 42.1 Å². The van der Waals surface area contributed by atoms with Crippen molar-refractivity contribution in [3.05, 3.63) is 71.5 Å². The van der Waals surface area contributed by atoms with Crippen molar-refractivity contribution < 1.29 is 9.59 Å². The Morgan fingerprint density at radius 2 is 1.62 bits per heavy atom. The highest BCUT2D eigenvalue weighted by atomic mass is 16.2. The van der Waals surface area contributed by atoms with Gasteiger partial charge in [0.05, 0.1) is 17.4 Å². The highest BCUT2D eigenvalue weighted by Crippen LogP contribution is 2.44. The number of para-hydroxylation sites is 2. The number of aryl methyl sites for hydroxylation is 3. The third-order valence-corrected chi connectivity index (χ3v) is 6.60. The SMILES string of the molecule is Cn1cc([C@@H]2C(=O)NC(=O)[C@H]2c2cn3c4c(cccc24)CCC3)c2ccccc21. The number of carbonyl (C=O) groups excluding carboxylic acids is 2. The number of aromatic nitrogens is 2. The smallest absolute Gasteiger partial charge is 0.235 e. The fourth-order valence-corrected chi connectivity index (χ4v) is 5.37. The zero-order chi connectivity index (χ0) is 19.7. The van der Waals surface area contributed by atoms with E-state index >= 15 is 0 Å². The molecular formula is C24H21N3O2. The molecule has 5 heteroatoms. The molecule has 2 aliphatic rings. The Balaban J connectivity index is 1.59. The molecule has 6 rings (SSSR count). The quantitative estimate of drug-likeness (QED) is 0.538. The summed E-state index contributed by atoms with van der Waals surface area (Å²) in [5.74, 6) is -1.43. The molecule has 0 bridgehead atoms. The van der Waals surface area contributed by atoms with Crippen molar-refractivity contribution in [2.24, 2.45) is 7.05 Å². The molecule has 0 spiro atoms. The minimum absolute atomic E-state index is 0.198. The average molecular weight is 383 g/mol. The molecular weight excluding hydrogens is 362 g/mol. The van der Waals surface area contributed by atoms with Crippen molar-refractivity contribution in [3.8, 4) is 0 Å². The third-order valence-electron chi connectivity index (χ3n) is 6.60. The fraction of sp³-hybridized carbons (Fsp3) is 0.250. The van der Waals surface area contributed by atoms with Crippen LogP contribution in [0.5, 0.6) is 0 Å². The summed E-state index contributed by atoms with van der Waals surface area (Å²) < 4.78 is 4.30. The summed E-state index contributed by atoms with van der Waals surface area (Å²) in [4.78, 5) is 26.0. The van der Waals surface area contributed by atoms with Gasteiger partial charge in [0.1, 0.15) is 0 Å². The van der Waals surface area contributed by atoms with Crippen molar-refractivity contribution >= 4 is 33.6 Å². The predicted molar refractivity (Wildman–Crippen MR) is 112 cm³/mol. The molecule has 2 amide bonds. The monoisotopic (exact) mass is 383 g/mol. The van der Waals surface area contributed by atoms with Crippen molar-refractivity contribution in [1.29, 1.82) is 0 Å². The van der Waals surface area contributed by atoms with Crippen LogP contribution in [0.15, 0.2) is 54.9 Å². The molecule has 4 aromatic rings. The second-order valence-electron chi connectivity index (χ2n) is 8.22. The molecule has 0 unspecified atom stereocenters. The van der Waals surface area contributed by atoms with Gasteiger partial charge in [-0.05, 0) is 35.6 Å². The maximum Gasteiger partial charge on any atom is 0.235 e. The topological polar surface area (TPSA) is 56.0 Å². The first-order valence-electron chi connectivity index (χ1n) is 10.1. The number of carbonyl (C=O) groups is 2. The maximum atomic E-state index is 13.0. The van der Waals surface area contributed by atoms with Crippen LogP contribution in [0.2, 0.25) is 0 Å². The molecule has 5 nitrogen and oxygen atoms in total. The van der Waals surface area contributed by atoms with Gasteiger partial charge in [0, 0.05) is 42.3 Å². The molecule has 2 aromatic carbocycles. The number of amides is 2. The summed E-state index contributed by atoms with van der Waals surface area (Å²) in [6.45, 7) is 0.953. The van der Waals surface area contributed by atoms with Gasteiger partial charge in [-0.2, -0.15) is 0 Å². The van der Waals surface area contributed by atoms with Crippen molar-refractivity contribution in [3.63, 3.8) is 0 Å². The summed E-state index contributed by atoms with van der Waals surface area (Å²) in [6.07, 6.45) is 6.27. The minimum atomic E-state index is -0.517. The van der Waals surface area contributed by atoms with Gasteiger partial charge in [0.15, 0.2) is 0 Å². The zero-order valence-corrected chi connectivity index (χ0v) is 16.2. The van der Waals surface area contributed by atoms with Crippen LogP contribution < -0.4 is 5.32 Å².